The summed E-state index contributed by atoms with van der Waals surface area (Å²) in [5, 5.41) is 7.77. The van der Waals surface area contributed by atoms with Gasteiger partial charge in [0, 0.05) is 26.2 Å². The van der Waals surface area contributed by atoms with Crippen LogP contribution in [0, 0.1) is 13.8 Å². The Kier molecular flexibility index (Phi) is 6.66. The first-order valence-electron chi connectivity index (χ1n) is 9.96. The fraction of sp³-hybridized carbons (Fsp3) is 0.364. The molecular weight excluding hydrogens is 380 g/mol. The predicted molar refractivity (Wildman–Crippen MR) is 118 cm³/mol. The predicted octanol–water partition coefficient (Wildman–Crippen LogP) is 3.16. The average molecular weight is 409 g/mol. The number of aliphatic imine (C=N–C) groups is 1. The largest absolute Gasteiger partial charge is 0.489 e. The van der Waals surface area contributed by atoms with E-state index in [1.807, 2.05) is 63.6 Å². The van der Waals surface area contributed by atoms with Crippen molar-refractivity contribution in [2.75, 3.05) is 13.6 Å². The van der Waals surface area contributed by atoms with Gasteiger partial charge in [0.05, 0.1) is 17.7 Å². The second-order valence-corrected chi connectivity index (χ2v) is 7.33. The summed E-state index contributed by atoms with van der Waals surface area (Å²) in [5.41, 5.74) is 4.16. The standard InChI is InChI=1S/C22H28N6O2/c1-6-12-26(4)15-23-18-10-11-21(17(3)13-18)30-14-19-16(2)8-7-9-20(19)28-22(29)27(5)24-25-28/h7-11,13,15H,6,12,14H2,1-5H3/b23-15+. The van der Waals surface area contributed by atoms with E-state index in [2.05, 4.69) is 27.2 Å². The molecule has 0 unspecified atom stereocenters. The van der Waals surface area contributed by atoms with E-state index in [1.165, 1.54) is 9.36 Å². The van der Waals surface area contributed by atoms with Gasteiger partial charge >= 0.3 is 5.69 Å². The molecule has 0 saturated carbocycles. The van der Waals surface area contributed by atoms with E-state index in [0.717, 1.165) is 41.1 Å². The zero-order valence-corrected chi connectivity index (χ0v) is 18.2. The zero-order chi connectivity index (χ0) is 21.7. The van der Waals surface area contributed by atoms with Crippen molar-refractivity contribution >= 4 is 12.0 Å². The number of rotatable bonds is 8. The molecule has 0 atom stereocenters. The molecule has 30 heavy (non-hydrogen) atoms. The Labute approximate surface area is 176 Å². The normalized spacial score (nSPS) is 11.2. The van der Waals surface area contributed by atoms with Crippen LogP contribution in [0.1, 0.15) is 30.0 Å². The molecule has 0 aliphatic carbocycles. The maximum atomic E-state index is 12.3. The van der Waals surface area contributed by atoms with Crippen molar-refractivity contribution in [1.82, 2.24) is 24.7 Å². The summed E-state index contributed by atoms with van der Waals surface area (Å²) in [5.74, 6) is 0.775. The third-order valence-corrected chi connectivity index (χ3v) is 4.85. The molecule has 8 nitrogen and oxygen atoms in total. The molecule has 3 rings (SSSR count). The summed E-state index contributed by atoms with van der Waals surface area (Å²) in [7, 11) is 3.59. The number of benzene rings is 2. The van der Waals surface area contributed by atoms with Gasteiger partial charge in [-0.2, -0.15) is 9.36 Å². The molecule has 158 valence electrons. The molecular formula is C22H28N6O2. The van der Waals surface area contributed by atoms with E-state index >= 15 is 0 Å². The van der Waals surface area contributed by atoms with Gasteiger partial charge in [-0.25, -0.2) is 9.79 Å². The van der Waals surface area contributed by atoms with Crippen molar-refractivity contribution in [3.63, 3.8) is 0 Å². The molecule has 2 aromatic carbocycles. The number of ether oxygens (including phenoxy) is 1. The van der Waals surface area contributed by atoms with Gasteiger partial charge in [-0.3, -0.25) is 0 Å². The fourth-order valence-corrected chi connectivity index (χ4v) is 3.14. The van der Waals surface area contributed by atoms with Gasteiger partial charge in [0.2, 0.25) is 0 Å². The van der Waals surface area contributed by atoms with Crippen molar-refractivity contribution in [3.8, 4) is 11.4 Å². The summed E-state index contributed by atoms with van der Waals surface area (Å²) in [4.78, 5) is 18.9. The maximum Gasteiger partial charge on any atom is 0.368 e. The quantitative estimate of drug-likeness (QED) is 0.423. The van der Waals surface area contributed by atoms with Crippen LogP contribution in [0.5, 0.6) is 5.75 Å². The molecule has 3 aromatic rings. The molecule has 8 heteroatoms. The molecule has 0 amide bonds. The van der Waals surface area contributed by atoms with E-state index < -0.39 is 0 Å². The van der Waals surface area contributed by atoms with E-state index in [1.54, 1.807) is 7.05 Å². The van der Waals surface area contributed by atoms with Gasteiger partial charge in [-0.05, 0) is 66.1 Å². The second-order valence-electron chi connectivity index (χ2n) is 7.33. The number of nitrogens with zero attached hydrogens (tertiary/aromatic N) is 6. The Morgan fingerprint density at radius 3 is 2.63 bits per heavy atom. The summed E-state index contributed by atoms with van der Waals surface area (Å²) >= 11 is 0. The van der Waals surface area contributed by atoms with E-state index in [-0.39, 0.29) is 5.69 Å². The smallest absolute Gasteiger partial charge is 0.368 e. The SMILES string of the molecule is CCCN(C)/C=N/c1ccc(OCc2c(C)cccc2-n2nnn(C)c2=O)c(C)c1. The first kappa shape index (κ1) is 21.3. The van der Waals surface area contributed by atoms with Crippen LogP contribution in [-0.2, 0) is 13.7 Å². The highest BCUT2D eigenvalue weighted by molar-refractivity contribution is 5.62. The Hall–Kier alpha value is -3.42. The van der Waals surface area contributed by atoms with Crippen molar-refractivity contribution in [3.05, 3.63) is 63.6 Å². The minimum Gasteiger partial charge on any atom is -0.489 e. The van der Waals surface area contributed by atoms with Crippen molar-refractivity contribution in [2.24, 2.45) is 12.0 Å². The molecule has 0 aliphatic rings. The fourth-order valence-electron chi connectivity index (χ4n) is 3.14. The van der Waals surface area contributed by atoms with E-state index in [9.17, 15) is 4.79 Å². The zero-order valence-electron chi connectivity index (χ0n) is 18.2. The Balaban J connectivity index is 1.79. The number of aromatic nitrogens is 4. The van der Waals surface area contributed by atoms with Crippen LogP contribution in [0.4, 0.5) is 5.69 Å². The van der Waals surface area contributed by atoms with Crippen LogP contribution < -0.4 is 10.4 Å². The molecule has 0 fully saturated rings. The summed E-state index contributed by atoms with van der Waals surface area (Å²) in [6.07, 6.45) is 2.92. The summed E-state index contributed by atoms with van der Waals surface area (Å²) in [6.45, 7) is 7.41. The third-order valence-electron chi connectivity index (χ3n) is 4.85. The van der Waals surface area contributed by atoms with Crippen LogP contribution in [0.25, 0.3) is 5.69 Å². The maximum absolute atomic E-state index is 12.3. The number of hydrogen-bond acceptors (Lipinski definition) is 5. The van der Waals surface area contributed by atoms with E-state index in [4.69, 9.17) is 4.74 Å². The molecule has 0 radical (unpaired) electrons. The Morgan fingerprint density at radius 1 is 1.17 bits per heavy atom. The molecule has 0 N–H and O–H groups in total. The van der Waals surface area contributed by atoms with Crippen LogP contribution >= 0.6 is 0 Å². The van der Waals surface area contributed by atoms with Crippen LogP contribution in [-0.4, -0.2) is 44.6 Å². The van der Waals surface area contributed by atoms with Crippen molar-refractivity contribution < 1.29 is 4.74 Å². The van der Waals surface area contributed by atoms with Crippen LogP contribution in [0.2, 0.25) is 0 Å². The number of tetrazole rings is 1. The lowest BCUT2D eigenvalue weighted by molar-refractivity contribution is 0.302. The topological polar surface area (TPSA) is 77.5 Å². The van der Waals surface area contributed by atoms with Gasteiger partial charge in [0.1, 0.15) is 12.4 Å². The van der Waals surface area contributed by atoms with Gasteiger partial charge in [0.15, 0.2) is 0 Å². The molecule has 1 aromatic heterocycles. The molecule has 0 spiro atoms. The van der Waals surface area contributed by atoms with Gasteiger partial charge < -0.3 is 9.64 Å². The molecule has 0 aliphatic heterocycles. The number of aryl methyl sites for hydroxylation is 3. The van der Waals surface area contributed by atoms with E-state index in [0.29, 0.717) is 12.3 Å². The summed E-state index contributed by atoms with van der Waals surface area (Å²) in [6, 6.07) is 11.6. The van der Waals surface area contributed by atoms with Gasteiger partial charge in [-0.15, -0.1) is 0 Å². The minimum atomic E-state index is -0.298. The lowest BCUT2D eigenvalue weighted by Crippen LogP contribution is -2.23. The first-order chi connectivity index (χ1) is 14.4. The lowest BCUT2D eigenvalue weighted by Gasteiger charge is -2.14. The molecule has 1 heterocycles. The average Bonchev–Trinajstić information content (AvgIpc) is 3.05. The van der Waals surface area contributed by atoms with Crippen LogP contribution in [0.3, 0.4) is 0 Å². The van der Waals surface area contributed by atoms with Gasteiger partial charge in [0.25, 0.3) is 0 Å². The number of hydrogen-bond donors (Lipinski definition) is 0. The van der Waals surface area contributed by atoms with Crippen LogP contribution in [0.15, 0.2) is 46.2 Å². The third kappa shape index (κ3) is 4.76. The highest BCUT2D eigenvalue weighted by atomic mass is 16.5. The monoisotopic (exact) mass is 408 g/mol. The highest BCUT2D eigenvalue weighted by Crippen LogP contribution is 2.26. The molecule has 0 saturated heterocycles. The molecule has 0 bridgehead atoms. The first-order valence-corrected chi connectivity index (χ1v) is 9.96. The highest BCUT2D eigenvalue weighted by Gasteiger charge is 2.14. The summed E-state index contributed by atoms with van der Waals surface area (Å²) < 4.78 is 8.60. The lowest BCUT2D eigenvalue weighted by atomic mass is 10.1. The van der Waals surface area contributed by atoms with Gasteiger partial charge in [-0.1, -0.05) is 19.1 Å². The minimum absolute atomic E-state index is 0.298. The van der Waals surface area contributed by atoms with Crippen molar-refractivity contribution in [2.45, 2.75) is 33.8 Å². The van der Waals surface area contributed by atoms with Crippen molar-refractivity contribution in [1.29, 1.82) is 0 Å². The second kappa shape index (κ2) is 9.39. The Bertz CT molecular complexity index is 1100. The Morgan fingerprint density at radius 2 is 1.97 bits per heavy atom.